The van der Waals surface area contributed by atoms with E-state index in [0.29, 0.717) is 16.5 Å². The summed E-state index contributed by atoms with van der Waals surface area (Å²) in [5, 5.41) is 3.39. The van der Waals surface area contributed by atoms with Gasteiger partial charge in [0.1, 0.15) is 5.75 Å². The lowest BCUT2D eigenvalue weighted by Gasteiger charge is -2.16. The van der Waals surface area contributed by atoms with Crippen LogP contribution in [0.15, 0.2) is 48.5 Å². The normalized spacial score (nSPS) is 12.3. The van der Waals surface area contributed by atoms with Gasteiger partial charge in [-0.25, -0.2) is 8.42 Å². The fraction of sp³-hybridized carbons (Fsp3) is 0.235. The minimum Gasteiger partial charge on any atom is -0.484 e. The number of nitrogens with one attached hydrogen (secondary N) is 2. The van der Waals surface area contributed by atoms with Gasteiger partial charge in [-0.2, -0.15) is 0 Å². The van der Waals surface area contributed by atoms with E-state index in [0.717, 1.165) is 11.8 Å². The number of carbonyl (C=O) groups excluding carboxylic acids is 1. The van der Waals surface area contributed by atoms with Crippen molar-refractivity contribution in [3.05, 3.63) is 59.1 Å². The van der Waals surface area contributed by atoms with Gasteiger partial charge in [0.15, 0.2) is 6.61 Å². The van der Waals surface area contributed by atoms with E-state index in [1.165, 1.54) is 0 Å². The third kappa shape index (κ3) is 6.64. The van der Waals surface area contributed by atoms with Crippen LogP contribution in [0.1, 0.15) is 18.5 Å². The summed E-state index contributed by atoms with van der Waals surface area (Å²) in [4.78, 5) is 12.0. The Morgan fingerprint density at radius 3 is 2.52 bits per heavy atom. The number of rotatable bonds is 7. The van der Waals surface area contributed by atoms with Crippen LogP contribution in [0, 0.1) is 0 Å². The number of amides is 1. The van der Waals surface area contributed by atoms with Crippen LogP contribution in [0.25, 0.3) is 0 Å². The average molecular weight is 383 g/mol. The zero-order valence-corrected chi connectivity index (χ0v) is 15.4. The zero-order valence-electron chi connectivity index (χ0n) is 13.8. The minimum absolute atomic E-state index is 0.132. The first-order valence-corrected chi connectivity index (χ1v) is 9.75. The molecule has 2 N–H and O–H groups in total. The van der Waals surface area contributed by atoms with Crippen molar-refractivity contribution >= 4 is 33.2 Å². The Hall–Kier alpha value is -2.25. The second-order valence-electron chi connectivity index (χ2n) is 5.53. The van der Waals surface area contributed by atoms with E-state index in [9.17, 15) is 13.2 Å². The van der Waals surface area contributed by atoms with Gasteiger partial charge in [0.2, 0.25) is 10.0 Å². The molecule has 0 bridgehead atoms. The summed E-state index contributed by atoms with van der Waals surface area (Å²) in [6.07, 6.45) is 1.08. The molecule has 2 aromatic rings. The number of ether oxygens (including phenoxy) is 1. The predicted octanol–water partition coefficient (Wildman–Crippen LogP) is 2.97. The largest absolute Gasteiger partial charge is 0.484 e. The van der Waals surface area contributed by atoms with Gasteiger partial charge in [-0.05, 0) is 48.9 Å². The fourth-order valence-corrected chi connectivity index (χ4v) is 2.81. The first kappa shape index (κ1) is 19.1. The first-order valence-electron chi connectivity index (χ1n) is 7.48. The van der Waals surface area contributed by atoms with Crippen molar-refractivity contribution in [3.63, 3.8) is 0 Å². The standard InChI is InChI=1S/C17H19ClN2O4S/c1-12(13-4-3-5-15(10-13)20-25(2,22)23)19-17(21)11-24-16-8-6-14(18)7-9-16/h3-10,12,20H,11H2,1-2H3,(H,19,21)/t12-/m1/s1. The van der Waals surface area contributed by atoms with Crippen molar-refractivity contribution in [2.24, 2.45) is 0 Å². The Balaban J connectivity index is 1.92. The highest BCUT2D eigenvalue weighted by Gasteiger charge is 2.11. The van der Waals surface area contributed by atoms with Gasteiger partial charge in [-0.3, -0.25) is 9.52 Å². The van der Waals surface area contributed by atoms with Gasteiger partial charge in [0, 0.05) is 10.7 Å². The minimum atomic E-state index is -3.35. The molecule has 0 radical (unpaired) electrons. The van der Waals surface area contributed by atoms with Crippen molar-refractivity contribution in [1.82, 2.24) is 5.32 Å². The second-order valence-corrected chi connectivity index (χ2v) is 7.72. The van der Waals surface area contributed by atoms with Crippen molar-refractivity contribution in [3.8, 4) is 5.75 Å². The molecule has 2 rings (SSSR count). The number of hydrogen-bond acceptors (Lipinski definition) is 4. The van der Waals surface area contributed by atoms with Crippen molar-refractivity contribution in [2.75, 3.05) is 17.6 Å². The van der Waals surface area contributed by atoms with Crippen molar-refractivity contribution in [2.45, 2.75) is 13.0 Å². The summed E-state index contributed by atoms with van der Waals surface area (Å²) in [6, 6.07) is 13.2. The first-order chi connectivity index (χ1) is 11.7. The van der Waals surface area contributed by atoms with Crippen molar-refractivity contribution < 1.29 is 17.9 Å². The SMILES string of the molecule is C[C@@H](NC(=O)COc1ccc(Cl)cc1)c1cccc(NS(C)(=O)=O)c1. The maximum absolute atomic E-state index is 12.0. The molecular formula is C17H19ClN2O4S. The lowest BCUT2D eigenvalue weighted by atomic mass is 10.1. The van der Waals surface area contributed by atoms with E-state index in [-0.39, 0.29) is 18.6 Å². The molecule has 0 spiro atoms. The summed E-state index contributed by atoms with van der Waals surface area (Å²) < 4.78 is 30.4. The van der Waals surface area contributed by atoms with E-state index in [2.05, 4.69) is 10.0 Å². The summed E-state index contributed by atoms with van der Waals surface area (Å²) in [7, 11) is -3.35. The summed E-state index contributed by atoms with van der Waals surface area (Å²) in [6.45, 7) is 1.67. The maximum atomic E-state index is 12.0. The van der Waals surface area contributed by atoms with Crippen LogP contribution in [0.2, 0.25) is 5.02 Å². The molecule has 0 fully saturated rings. The second kappa shape index (κ2) is 8.22. The topological polar surface area (TPSA) is 84.5 Å². The van der Waals surface area contributed by atoms with Gasteiger partial charge in [-0.1, -0.05) is 23.7 Å². The van der Waals surface area contributed by atoms with Crippen LogP contribution in [0.3, 0.4) is 0 Å². The third-order valence-corrected chi connectivity index (χ3v) is 4.11. The number of carbonyl (C=O) groups is 1. The molecule has 134 valence electrons. The third-order valence-electron chi connectivity index (χ3n) is 3.25. The molecule has 0 aliphatic rings. The molecule has 8 heteroatoms. The molecule has 25 heavy (non-hydrogen) atoms. The molecule has 0 aliphatic heterocycles. The lowest BCUT2D eigenvalue weighted by Crippen LogP contribution is -2.31. The van der Waals surface area contributed by atoms with Gasteiger partial charge in [0.25, 0.3) is 5.91 Å². The zero-order chi connectivity index (χ0) is 18.4. The van der Waals surface area contributed by atoms with Crippen LogP contribution in [0.5, 0.6) is 5.75 Å². The van der Waals surface area contributed by atoms with Gasteiger partial charge in [0.05, 0.1) is 12.3 Å². The van der Waals surface area contributed by atoms with Crippen LogP contribution >= 0.6 is 11.6 Å². The Kier molecular flexibility index (Phi) is 6.27. The molecule has 0 aromatic heterocycles. The molecule has 0 unspecified atom stereocenters. The summed E-state index contributed by atoms with van der Waals surface area (Å²) in [5.74, 6) is 0.260. The molecule has 0 saturated carbocycles. The summed E-state index contributed by atoms with van der Waals surface area (Å²) in [5.41, 5.74) is 1.21. The lowest BCUT2D eigenvalue weighted by molar-refractivity contribution is -0.123. The molecular weight excluding hydrogens is 364 g/mol. The Morgan fingerprint density at radius 1 is 1.20 bits per heavy atom. The van der Waals surface area contributed by atoms with Gasteiger partial charge >= 0.3 is 0 Å². The van der Waals surface area contributed by atoms with Gasteiger partial charge < -0.3 is 10.1 Å². The highest BCUT2D eigenvalue weighted by atomic mass is 35.5. The number of halogens is 1. The molecule has 1 amide bonds. The molecule has 2 aromatic carbocycles. The Bertz CT molecular complexity index is 838. The Labute approximate surface area is 152 Å². The maximum Gasteiger partial charge on any atom is 0.258 e. The number of anilines is 1. The molecule has 0 saturated heterocycles. The number of hydrogen-bond donors (Lipinski definition) is 2. The molecule has 0 heterocycles. The average Bonchev–Trinajstić information content (AvgIpc) is 2.53. The highest BCUT2D eigenvalue weighted by Crippen LogP contribution is 2.18. The predicted molar refractivity (Wildman–Crippen MR) is 98.4 cm³/mol. The molecule has 6 nitrogen and oxygen atoms in total. The quantitative estimate of drug-likeness (QED) is 0.771. The van der Waals surface area contributed by atoms with Crippen LogP contribution < -0.4 is 14.8 Å². The van der Waals surface area contributed by atoms with Crippen LogP contribution in [0.4, 0.5) is 5.69 Å². The van der Waals surface area contributed by atoms with E-state index < -0.39 is 10.0 Å². The van der Waals surface area contributed by atoms with Gasteiger partial charge in [-0.15, -0.1) is 0 Å². The van der Waals surface area contributed by atoms with Crippen LogP contribution in [-0.2, 0) is 14.8 Å². The highest BCUT2D eigenvalue weighted by molar-refractivity contribution is 7.92. The molecule has 1 atom stereocenters. The smallest absolute Gasteiger partial charge is 0.258 e. The Morgan fingerprint density at radius 2 is 1.88 bits per heavy atom. The monoisotopic (exact) mass is 382 g/mol. The molecule has 0 aliphatic carbocycles. The van der Waals surface area contributed by atoms with E-state index >= 15 is 0 Å². The summed E-state index contributed by atoms with van der Waals surface area (Å²) >= 11 is 5.79. The number of sulfonamides is 1. The van der Waals surface area contributed by atoms with Crippen molar-refractivity contribution in [1.29, 1.82) is 0 Å². The number of benzene rings is 2. The fourth-order valence-electron chi connectivity index (χ4n) is 2.13. The van der Waals surface area contributed by atoms with Crippen LogP contribution in [-0.4, -0.2) is 27.2 Å². The van der Waals surface area contributed by atoms with E-state index in [1.807, 2.05) is 0 Å². The van der Waals surface area contributed by atoms with E-state index in [1.54, 1.807) is 55.5 Å². The van der Waals surface area contributed by atoms with E-state index in [4.69, 9.17) is 16.3 Å².